The first-order valence-electron chi connectivity index (χ1n) is 6.93. The highest BCUT2D eigenvalue weighted by atomic mass is 35.5. The fraction of sp³-hybridized carbons (Fsp3) is 0.412. The van der Waals surface area contributed by atoms with Crippen LogP contribution in [-0.4, -0.2) is 5.88 Å². The molecule has 2 rings (SSSR count). The third kappa shape index (κ3) is 3.21. The fourth-order valence-corrected chi connectivity index (χ4v) is 4.02. The molecule has 0 aliphatic carbocycles. The zero-order valence-electron chi connectivity index (χ0n) is 11.7. The Morgan fingerprint density at radius 1 is 1.00 bits per heavy atom. The summed E-state index contributed by atoms with van der Waals surface area (Å²) < 4.78 is 0. The van der Waals surface area contributed by atoms with E-state index in [1.54, 1.807) is 0 Å². The van der Waals surface area contributed by atoms with Crippen LogP contribution in [0.4, 0.5) is 0 Å². The predicted molar refractivity (Wildman–Crippen MR) is 86.5 cm³/mol. The lowest BCUT2D eigenvalue weighted by atomic mass is 9.76. The Balaban J connectivity index is 2.29. The van der Waals surface area contributed by atoms with Gasteiger partial charge in [0, 0.05) is 21.0 Å². The van der Waals surface area contributed by atoms with Gasteiger partial charge < -0.3 is 0 Å². The van der Waals surface area contributed by atoms with Gasteiger partial charge in [0.1, 0.15) is 0 Å². The number of aryl methyl sites for hydroxylation is 1. The quantitative estimate of drug-likeness (QED) is 0.622. The van der Waals surface area contributed by atoms with Crippen LogP contribution >= 0.6 is 22.9 Å². The van der Waals surface area contributed by atoms with Crippen molar-refractivity contribution in [1.82, 2.24) is 0 Å². The smallest absolute Gasteiger partial charge is 0.0323 e. The van der Waals surface area contributed by atoms with Crippen molar-refractivity contribution < 1.29 is 0 Å². The lowest BCUT2D eigenvalue weighted by Crippen LogP contribution is -2.30. The van der Waals surface area contributed by atoms with E-state index in [4.69, 9.17) is 11.6 Å². The maximum atomic E-state index is 6.35. The second kappa shape index (κ2) is 6.58. The second-order valence-corrected chi connectivity index (χ2v) is 6.55. The first-order valence-corrected chi connectivity index (χ1v) is 8.28. The van der Waals surface area contributed by atoms with Crippen LogP contribution < -0.4 is 0 Å². The van der Waals surface area contributed by atoms with Crippen molar-refractivity contribution in [3.63, 3.8) is 0 Å². The van der Waals surface area contributed by atoms with Gasteiger partial charge in [-0.3, -0.25) is 0 Å². The van der Waals surface area contributed by atoms with Gasteiger partial charge in [0.2, 0.25) is 0 Å². The van der Waals surface area contributed by atoms with E-state index in [2.05, 4.69) is 56.3 Å². The molecule has 0 radical (unpaired) electrons. The zero-order chi connectivity index (χ0) is 13.7. The fourth-order valence-electron chi connectivity index (χ4n) is 2.48. The van der Waals surface area contributed by atoms with Gasteiger partial charge >= 0.3 is 0 Å². The first-order chi connectivity index (χ1) is 9.24. The highest BCUT2D eigenvalue weighted by Gasteiger charge is 2.30. The van der Waals surface area contributed by atoms with E-state index in [0.29, 0.717) is 5.88 Å². The van der Waals surface area contributed by atoms with E-state index in [0.717, 1.165) is 19.3 Å². The van der Waals surface area contributed by atoms with Crippen LogP contribution in [0.5, 0.6) is 0 Å². The van der Waals surface area contributed by atoms with Gasteiger partial charge in [-0.25, -0.2) is 0 Å². The Hall–Kier alpha value is -0.790. The van der Waals surface area contributed by atoms with Crippen molar-refractivity contribution >= 4 is 22.9 Å². The average Bonchev–Trinajstić information content (AvgIpc) is 2.93. The Labute approximate surface area is 125 Å². The summed E-state index contributed by atoms with van der Waals surface area (Å²) in [7, 11) is 0. The van der Waals surface area contributed by atoms with Crippen LogP contribution in [0.3, 0.4) is 0 Å². The summed E-state index contributed by atoms with van der Waals surface area (Å²) in [5.41, 5.74) is 1.43. The Morgan fingerprint density at radius 2 is 1.68 bits per heavy atom. The average molecular weight is 293 g/mol. The van der Waals surface area contributed by atoms with E-state index in [1.807, 2.05) is 11.3 Å². The van der Waals surface area contributed by atoms with Crippen LogP contribution in [0.25, 0.3) is 0 Å². The summed E-state index contributed by atoms with van der Waals surface area (Å²) in [6.07, 6.45) is 3.23. The van der Waals surface area contributed by atoms with Crippen LogP contribution in [0.15, 0.2) is 42.5 Å². The highest BCUT2D eigenvalue weighted by Crippen LogP contribution is 2.35. The zero-order valence-corrected chi connectivity index (χ0v) is 13.2. The molecule has 0 spiro atoms. The maximum absolute atomic E-state index is 6.35. The van der Waals surface area contributed by atoms with Crippen LogP contribution in [0.1, 0.15) is 35.6 Å². The van der Waals surface area contributed by atoms with Gasteiger partial charge in [-0.2, -0.15) is 0 Å². The lowest BCUT2D eigenvalue weighted by Gasteiger charge is -2.31. The van der Waals surface area contributed by atoms with Crippen molar-refractivity contribution in [2.45, 2.75) is 38.5 Å². The molecule has 102 valence electrons. The summed E-state index contributed by atoms with van der Waals surface area (Å²) in [5, 5.41) is 0. The van der Waals surface area contributed by atoms with Gasteiger partial charge in [-0.1, -0.05) is 44.2 Å². The molecule has 0 saturated heterocycles. The molecule has 1 heterocycles. The molecular weight excluding hydrogens is 272 g/mol. The molecule has 0 fully saturated rings. The van der Waals surface area contributed by atoms with Gasteiger partial charge in [0.15, 0.2) is 0 Å². The van der Waals surface area contributed by atoms with Crippen molar-refractivity contribution in [1.29, 1.82) is 0 Å². The van der Waals surface area contributed by atoms with E-state index < -0.39 is 0 Å². The number of hydrogen-bond donors (Lipinski definition) is 0. The molecule has 1 aromatic carbocycles. The molecule has 1 atom stereocenters. The standard InChI is InChI=1S/C17H21ClS/c1-3-15-10-11-16(19-15)12-17(4-2,13-18)14-8-6-5-7-9-14/h5-11H,3-4,12-13H2,1-2H3. The van der Waals surface area contributed by atoms with Gasteiger partial charge in [-0.05, 0) is 37.0 Å². The van der Waals surface area contributed by atoms with Crippen molar-refractivity contribution in [3.8, 4) is 0 Å². The van der Waals surface area contributed by atoms with E-state index in [-0.39, 0.29) is 5.41 Å². The SMILES string of the molecule is CCc1ccc(CC(CC)(CCl)c2ccccc2)s1. The number of alkyl halides is 1. The van der Waals surface area contributed by atoms with Gasteiger partial charge in [0.25, 0.3) is 0 Å². The molecule has 0 saturated carbocycles. The molecule has 0 aliphatic heterocycles. The molecule has 1 aromatic heterocycles. The highest BCUT2D eigenvalue weighted by molar-refractivity contribution is 7.12. The van der Waals surface area contributed by atoms with E-state index >= 15 is 0 Å². The summed E-state index contributed by atoms with van der Waals surface area (Å²) in [6, 6.07) is 15.2. The molecule has 2 heteroatoms. The Kier molecular flexibility index (Phi) is 5.06. The van der Waals surface area contributed by atoms with Crippen LogP contribution in [-0.2, 0) is 18.3 Å². The van der Waals surface area contributed by atoms with E-state index in [1.165, 1.54) is 15.3 Å². The Morgan fingerprint density at radius 3 is 2.21 bits per heavy atom. The van der Waals surface area contributed by atoms with Crippen LogP contribution in [0, 0.1) is 0 Å². The lowest BCUT2D eigenvalue weighted by molar-refractivity contribution is 0.461. The first kappa shape index (κ1) is 14.6. The topological polar surface area (TPSA) is 0 Å². The van der Waals surface area contributed by atoms with Gasteiger partial charge in [0.05, 0.1) is 0 Å². The number of rotatable bonds is 6. The summed E-state index contributed by atoms with van der Waals surface area (Å²) in [5.74, 6) is 0.673. The number of benzene rings is 1. The minimum absolute atomic E-state index is 0.0681. The molecule has 0 bridgehead atoms. The molecular formula is C17H21ClS. The monoisotopic (exact) mass is 292 g/mol. The molecule has 0 amide bonds. The summed E-state index contributed by atoms with van der Waals surface area (Å²) in [6.45, 7) is 4.45. The number of halogens is 1. The number of thiophene rings is 1. The number of hydrogen-bond acceptors (Lipinski definition) is 1. The molecule has 19 heavy (non-hydrogen) atoms. The minimum Gasteiger partial charge on any atom is -0.145 e. The van der Waals surface area contributed by atoms with Crippen LogP contribution in [0.2, 0.25) is 0 Å². The van der Waals surface area contributed by atoms with Crippen molar-refractivity contribution in [3.05, 3.63) is 57.8 Å². The van der Waals surface area contributed by atoms with Crippen molar-refractivity contribution in [2.24, 2.45) is 0 Å². The largest absolute Gasteiger partial charge is 0.145 e. The summed E-state index contributed by atoms with van der Waals surface area (Å²) in [4.78, 5) is 2.91. The molecule has 0 nitrogen and oxygen atoms in total. The third-order valence-corrected chi connectivity index (χ3v) is 5.64. The third-order valence-electron chi connectivity index (χ3n) is 3.90. The molecule has 0 N–H and O–H groups in total. The van der Waals surface area contributed by atoms with Crippen molar-refractivity contribution in [2.75, 3.05) is 5.88 Å². The minimum atomic E-state index is 0.0681. The molecule has 1 unspecified atom stereocenters. The maximum Gasteiger partial charge on any atom is 0.0323 e. The van der Waals surface area contributed by atoms with E-state index in [9.17, 15) is 0 Å². The molecule has 0 aliphatic rings. The Bertz CT molecular complexity index is 497. The van der Waals surface area contributed by atoms with Gasteiger partial charge in [-0.15, -0.1) is 22.9 Å². The predicted octanol–water partition coefficient (Wildman–Crippen LogP) is 5.44. The summed E-state index contributed by atoms with van der Waals surface area (Å²) >= 11 is 8.28. The molecule has 2 aromatic rings. The second-order valence-electron chi connectivity index (χ2n) is 5.03. The normalized spacial score (nSPS) is 14.3.